The highest BCUT2D eigenvalue weighted by Crippen LogP contribution is 2.27. The van der Waals surface area contributed by atoms with Crippen molar-refractivity contribution in [3.8, 4) is 11.4 Å². The van der Waals surface area contributed by atoms with Gasteiger partial charge in [-0.15, -0.1) is 0 Å². The quantitative estimate of drug-likeness (QED) is 0.876. The average molecular weight is 292 g/mol. The molecule has 0 unspecified atom stereocenters. The lowest BCUT2D eigenvalue weighted by molar-refractivity contribution is -0.144. The first-order valence-electron chi connectivity index (χ1n) is 4.22. The Labute approximate surface area is 96.8 Å². The molecule has 2 aromatic rings. The third-order valence-electron chi connectivity index (χ3n) is 1.86. The van der Waals surface area contributed by atoms with E-state index in [-0.39, 0.29) is 5.82 Å². The molecule has 0 saturated carbocycles. The van der Waals surface area contributed by atoms with Gasteiger partial charge in [-0.05, 0) is 12.1 Å². The predicted octanol–water partition coefficient (Wildman–Crippen LogP) is 3.25. The second kappa shape index (κ2) is 3.89. The van der Waals surface area contributed by atoms with Crippen LogP contribution in [-0.2, 0) is 6.18 Å². The summed E-state index contributed by atoms with van der Waals surface area (Å²) in [5.41, 5.74) is 0.523. The van der Waals surface area contributed by atoms with Crippen LogP contribution in [0, 0.1) is 0 Å². The van der Waals surface area contributed by atoms with Crippen molar-refractivity contribution in [2.75, 3.05) is 0 Å². The highest BCUT2D eigenvalue weighted by molar-refractivity contribution is 9.10. The second-order valence-electron chi connectivity index (χ2n) is 3.01. The molecule has 0 aliphatic rings. The predicted molar refractivity (Wildman–Crippen MR) is 54.5 cm³/mol. The summed E-state index contributed by atoms with van der Waals surface area (Å²) in [5.74, 6) is -1.06. The lowest BCUT2D eigenvalue weighted by Gasteiger charge is -1.98. The molecule has 1 N–H and O–H groups in total. The molecule has 16 heavy (non-hydrogen) atoms. The lowest BCUT2D eigenvalue weighted by atomic mass is 10.2. The Morgan fingerprint density at radius 2 is 1.75 bits per heavy atom. The van der Waals surface area contributed by atoms with Gasteiger partial charge >= 0.3 is 6.18 Å². The van der Waals surface area contributed by atoms with E-state index in [1.54, 1.807) is 24.3 Å². The Balaban J connectivity index is 2.35. The number of rotatable bonds is 1. The molecule has 0 fully saturated rings. The number of aromatic amines is 1. The van der Waals surface area contributed by atoms with Gasteiger partial charge in [-0.1, -0.05) is 28.1 Å². The Morgan fingerprint density at radius 1 is 1.12 bits per heavy atom. The first-order chi connectivity index (χ1) is 7.47. The van der Waals surface area contributed by atoms with Crippen LogP contribution in [0.2, 0.25) is 0 Å². The SMILES string of the molecule is FC(F)(F)c1nc(-c2ccc(Br)cc2)n[nH]1. The van der Waals surface area contributed by atoms with Crippen LogP contribution in [-0.4, -0.2) is 15.2 Å². The van der Waals surface area contributed by atoms with E-state index in [1.165, 1.54) is 0 Å². The van der Waals surface area contributed by atoms with E-state index in [0.29, 0.717) is 5.56 Å². The number of benzene rings is 1. The van der Waals surface area contributed by atoms with Gasteiger partial charge in [-0.3, -0.25) is 5.10 Å². The van der Waals surface area contributed by atoms with E-state index in [4.69, 9.17) is 0 Å². The van der Waals surface area contributed by atoms with E-state index in [0.717, 1.165) is 4.47 Å². The summed E-state index contributed by atoms with van der Waals surface area (Å²) in [6.07, 6.45) is -4.50. The van der Waals surface area contributed by atoms with Gasteiger partial charge in [0, 0.05) is 10.0 Å². The van der Waals surface area contributed by atoms with Crippen LogP contribution in [0.4, 0.5) is 13.2 Å². The van der Waals surface area contributed by atoms with E-state index in [1.807, 2.05) is 5.10 Å². The number of H-pyrrole nitrogens is 1. The van der Waals surface area contributed by atoms with Crippen LogP contribution in [0.5, 0.6) is 0 Å². The third-order valence-corrected chi connectivity index (χ3v) is 2.39. The summed E-state index contributed by atoms with van der Waals surface area (Å²) >= 11 is 3.23. The summed E-state index contributed by atoms with van der Waals surface area (Å²) in [6.45, 7) is 0. The van der Waals surface area contributed by atoms with E-state index in [2.05, 4.69) is 26.0 Å². The maximum atomic E-state index is 12.2. The lowest BCUT2D eigenvalue weighted by Crippen LogP contribution is -2.07. The second-order valence-corrected chi connectivity index (χ2v) is 3.93. The van der Waals surface area contributed by atoms with Crippen LogP contribution in [0.3, 0.4) is 0 Å². The van der Waals surface area contributed by atoms with Gasteiger partial charge in [0.05, 0.1) is 0 Å². The minimum Gasteiger partial charge on any atom is -0.255 e. The molecular formula is C9H5BrF3N3. The number of aromatic nitrogens is 3. The minimum atomic E-state index is -4.50. The fraction of sp³-hybridized carbons (Fsp3) is 0.111. The zero-order chi connectivity index (χ0) is 11.8. The van der Waals surface area contributed by atoms with Gasteiger partial charge in [-0.25, -0.2) is 4.98 Å². The molecular weight excluding hydrogens is 287 g/mol. The zero-order valence-corrected chi connectivity index (χ0v) is 9.30. The number of hydrogen-bond acceptors (Lipinski definition) is 2. The number of halogens is 4. The Kier molecular flexibility index (Phi) is 2.71. The summed E-state index contributed by atoms with van der Waals surface area (Å²) in [5, 5.41) is 5.37. The minimum absolute atomic E-state index is 0.0276. The molecule has 2 rings (SSSR count). The maximum Gasteiger partial charge on any atom is 0.451 e. The molecule has 0 atom stereocenters. The van der Waals surface area contributed by atoms with Crippen LogP contribution in [0.1, 0.15) is 5.82 Å². The molecule has 0 bridgehead atoms. The summed E-state index contributed by atoms with van der Waals surface area (Å²) in [7, 11) is 0. The van der Waals surface area contributed by atoms with E-state index in [9.17, 15) is 13.2 Å². The van der Waals surface area contributed by atoms with Gasteiger partial charge in [0.15, 0.2) is 5.82 Å². The number of nitrogens with one attached hydrogen (secondary N) is 1. The van der Waals surface area contributed by atoms with Gasteiger partial charge < -0.3 is 0 Å². The van der Waals surface area contributed by atoms with Crippen molar-refractivity contribution in [3.63, 3.8) is 0 Å². The highest BCUT2D eigenvalue weighted by atomic mass is 79.9. The average Bonchev–Trinajstić information content (AvgIpc) is 2.67. The van der Waals surface area contributed by atoms with Gasteiger partial charge in [-0.2, -0.15) is 18.3 Å². The molecule has 0 radical (unpaired) electrons. The molecule has 1 heterocycles. The van der Waals surface area contributed by atoms with Crippen molar-refractivity contribution >= 4 is 15.9 Å². The molecule has 7 heteroatoms. The van der Waals surface area contributed by atoms with Crippen LogP contribution >= 0.6 is 15.9 Å². The van der Waals surface area contributed by atoms with Crippen LogP contribution in [0.15, 0.2) is 28.7 Å². The van der Waals surface area contributed by atoms with Crippen molar-refractivity contribution in [1.29, 1.82) is 0 Å². The fourth-order valence-corrected chi connectivity index (χ4v) is 1.38. The molecule has 0 aliphatic heterocycles. The molecule has 1 aromatic carbocycles. The molecule has 0 spiro atoms. The van der Waals surface area contributed by atoms with Crippen molar-refractivity contribution in [1.82, 2.24) is 15.2 Å². The van der Waals surface area contributed by atoms with Crippen molar-refractivity contribution in [3.05, 3.63) is 34.6 Å². The maximum absolute atomic E-state index is 12.2. The van der Waals surface area contributed by atoms with Crippen molar-refractivity contribution in [2.45, 2.75) is 6.18 Å². The smallest absolute Gasteiger partial charge is 0.255 e. The molecule has 0 saturated heterocycles. The summed E-state index contributed by atoms with van der Waals surface area (Å²) in [4.78, 5) is 3.37. The Morgan fingerprint density at radius 3 is 2.25 bits per heavy atom. The van der Waals surface area contributed by atoms with Gasteiger partial charge in [0.25, 0.3) is 0 Å². The molecule has 0 aliphatic carbocycles. The number of hydrogen-bond donors (Lipinski definition) is 1. The number of alkyl halides is 3. The monoisotopic (exact) mass is 291 g/mol. The highest BCUT2D eigenvalue weighted by Gasteiger charge is 2.35. The van der Waals surface area contributed by atoms with Crippen LogP contribution in [0.25, 0.3) is 11.4 Å². The fourth-order valence-electron chi connectivity index (χ4n) is 1.12. The van der Waals surface area contributed by atoms with E-state index >= 15 is 0 Å². The third kappa shape index (κ3) is 2.24. The zero-order valence-electron chi connectivity index (χ0n) is 7.72. The summed E-state index contributed by atoms with van der Waals surface area (Å²) < 4.78 is 37.6. The molecule has 1 aromatic heterocycles. The first kappa shape index (κ1) is 11.1. The Hall–Kier alpha value is -1.37. The Bertz CT molecular complexity index is 489. The van der Waals surface area contributed by atoms with Gasteiger partial charge in [0.1, 0.15) is 0 Å². The standard InChI is InChI=1S/C9H5BrF3N3/c10-6-3-1-5(2-4-6)7-14-8(16-15-7)9(11,12)13/h1-4H,(H,14,15,16). The molecule has 84 valence electrons. The number of nitrogens with zero attached hydrogens (tertiary/aromatic N) is 2. The van der Waals surface area contributed by atoms with E-state index < -0.39 is 12.0 Å². The van der Waals surface area contributed by atoms with Crippen LogP contribution < -0.4 is 0 Å². The van der Waals surface area contributed by atoms with Crippen molar-refractivity contribution in [2.24, 2.45) is 0 Å². The van der Waals surface area contributed by atoms with Crippen molar-refractivity contribution < 1.29 is 13.2 Å². The molecule has 3 nitrogen and oxygen atoms in total. The molecule has 0 amide bonds. The summed E-state index contributed by atoms with van der Waals surface area (Å²) in [6, 6.07) is 6.68. The topological polar surface area (TPSA) is 41.6 Å². The normalized spacial score (nSPS) is 11.8. The largest absolute Gasteiger partial charge is 0.451 e. The first-order valence-corrected chi connectivity index (χ1v) is 5.01. The van der Waals surface area contributed by atoms with Gasteiger partial charge in [0.2, 0.25) is 5.82 Å².